The predicted octanol–water partition coefficient (Wildman–Crippen LogP) is 1.65. The van der Waals surface area contributed by atoms with Gasteiger partial charge in [-0.1, -0.05) is 6.07 Å². The number of esters is 2. The number of carbonyl (C=O) groups excluding carboxylic acids is 3. The van der Waals surface area contributed by atoms with Crippen LogP contribution in [0.3, 0.4) is 0 Å². The summed E-state index contributed by atoms with van der Waals surface area (Å²) in [5.41, 5.74) is 2.16. The molecule has 1 aromatic rings. The van der Waals surface area contributed by atoms with Gasteiger partial charge in [-0.2, -0.15) is 0 Å². The quantitative estimate of drug-likeness (QED) is 0.534. The molecule has 0 bridgehead atoms. The highest BCUT2D eigenvalue weighted by Gasteiger charge is 2.38. The van der Waals surface area contributed by atoms with E-state index in [1.807, 2.05) is 11.0 Å². The van der Waals surface area contributed by atoms with Crippen LogP contribution in [0.4, 0.5) is 4.79 Å². The first-order valence-corrected chi connectivity index (χ1v) is 10.9. The SMILES string of the molecule is CCOC(=O)C1=C(CN2CCC[C@@H]2C(=O)OC)NC(=O)N[C@H]1c1ccc(OC)c(COC)c1. The number of likely N-dealkylation sites (tertiary alicyclic amines) is 1. The van der Waals surface area contributed by atoms with Crippen molar-refractivity contribution in [2.45, 2.75) is 38.5 Å². The molecule has 180 valence electrons. The van der Waals surface area contributed by atoms with E-state index in [4.69, 9.17) is 18.9 Å². The standard InChI is InChI=1S/C23H31N3O7/c1-5-33-22(28)19-16(12-26-10-6-7-17(26)21(27)32-4)24-23(29)25-20(19)14-8-9-18(31-3)15(11-14)13-30-2/h8-9,11,17,20H,5-7,10,12-13H2,1-4H3,(H2,24,25,29)/t17-,20+/m1/s1. The number of hydrogen-bond acceptors (Lipinski definition) is 8. The molecule has 0 aromatic heterocycles. The van der Waals surface area contributed by atoms with Gasteiger partial charge in [0.15, 0.2) is 0 Å². The smallest absolute Gasteiger partial charge is 0.338 e. The number of benzene rings is 1. The maximum Gasteiger partial charge on any atom is 0.338 e. The summed E-state index contributed by atoms with van der Waals surface area (Å²) in [6, 6.07) is 3.79. The van der Waals surface area contributed by atoms with Gasteiger partial charge in [0, 0.05) is 24.9 Å². The van der Waals surface area contributed by atoms with Gasteiger partial charge in [-0.05, 0) is 44.0 Å². The molecule has 0 spiro atoms. The summed E-state index contributed by atoms with van der Waals surface area (Å²) in [5, 5.41) is 5.59. The lowest BCUT2D eigenvalue weighted by molar-refractivity contribution is -0.145. The van der Waals surface area contributed by atoms with Crippen molar-refractivity contribution in [3.63, 3.8) is 0 Å². The molecule has 2 aliphatic rings. The minimum absolute atomic E-state index is 0.183. The number of ether oxygens (including phenoxy) is 4. The van der Waals surface area contributed by atoms with Gasteiger partial charge in [-0.15, -0.1) is 0 Å². The van der Waals surface area contributed by atoms with Crippen molar-refractivity contribution in [2.24, 2.45) is 0 Å². The van der Waals surface area contributed by atoms with E-state index >= 15 is 0 Å². The Labute approximate surface area is 193 Å². The van der Waals surface area contributed by atoms with Crippen molar-refractivity contribution in [1.82, 2.24) is 15.5 Å². The van der Waals surface area contributed by atoms with Gasteiger partial charge in [0.25, 0.3) is 0 Å². The number of carbonyl (C=O) groups is 3. The zero-order valence-corrected chi connectivity index (χ0v) is 19.4. The molecule has 10 heteroatoms. The molecule has 0 unspecified atom stereocenters. The van der Waals surface area contributed by atoms with E-state index in [0.717, 1.165) is 12.0 Å². The lowest BCUT2D eigenvalue weighted by Crippen LogP contribution is -2.49. The van der Waals surface area contributed by atoms with Crippen LogP contribution in [0.1, 0.15) is 36.9 Å². The van der Waals surface area contributed by atoms with Gasteiger partial charge in [0.2, 0.25) is 0 Å². The maximum atomic E-state index is 13.0. The highest BCUT2D eigenvalue weighted by molar-refractivity contribution is 5.95. The summed E-state index contributed by atoms with van der Waals surface area (Å²) in [6.45, 7) is 3.06. The van der Waals surface area contributed by atoms with Crippen molar-refractivity contribution in [2.75, 3.05) is 41.0 Å². The molecule has 0 saturated carbocycles. The fourth-order valence-corrected chi connectivity index (χ4v) is 4.31. The van der Waals surface area contributed by atoms with Crippen LogP contribution in [-0.4, -0.2) is 69.9 Å². The highest BCUT2D eigenvalue weighted by Crippen LogP contribution is 2.32. The van der Waals surface area contributed by atoms with E-state index < -0.39 is 24.1 Å². The Morgan fingerprint density at radius 2 is 2.00 bits per heavy atom. The number of hydrogen-bond donors (Lipinski definition) is 2. The second kappa shape index (κ2) is 11.2. The van der Waals surface area contributed by atoms with E-state index in [1.165, 1.54) is 7.11 Å². The topological polar surface area (TPSA) is 115 Å². The van der Waals surface area contributed by atoms with Crippen LogP contribution in [0, 0.1) is 0 Å². The Morgan fingerprint density at radius 1 is 1.21 bits per heavy atom. The zero-order chi connectivity index (χ0) is 24.0. The van der Waals surface area contributed by atoms with Gasteiger partial charge in [0.05, 0.1) is 39.0 Å². The third-order valence-electron chi connectivity index (χ3n) is 5.78. The summed E-state index contributed by atoms with van der Waals surface area (Å²) in [7, 11) is 4.50. The molecular formula is C23H31N3O7. The minimum Gasteiger partial charge on any atom is -0.496 e. The van der Waals surface area contributed by atoms with Crippen LogP contribution < -0.4 is 15.4 Å². The molecule has 1 aromatic carbocycles. The van der Waals surface area contributed by atoms with Crippen LogP contribution in [0.25, 0.3) is 0 Å². The number of amides is 2. The highest BCUT2D eigenvalue weighted by atomic mass is 16.5. The normalized spacial score (nSPS) is 20.8. The molecule has 2 N–H and O–H groups in total. The molecule has 2 atom stereocenters. The van der Waals surface area contributed by atoms with E-state index in [-0.39, 0.29) is 19.1 Å². The van der Waals surface area contributed by atoms with E-state index in [0.29, 0.717) is 42.2 Å². The van der Waals surface area contributed by atoms with E-state index in [9.17, 15) is 14.4 Å². The molecule has 2 heterocycles. The van der Waals surface area contributed by atoms with Gasteiger partial charge in [-0.25, -0.2) is 9.59 Å². The second-order valence-corrected chi connectivity index (χ2v) is 7.80. The molecule has 3 rings (SSSR count). The molecule has 0 radical (unpaired) electrons. The Kier molecular flexibility index (Phi) is 8.29. The molecular weight excluding hydrogens is 430 g/mol. The Bertz CT molecular complexity index is 931. The fraction of sp³-hybridized carbons (Fsp3) is 0.522. The van der Waals surface area contributed by atoms with Gasteiger partial charge in [-0.3, -0.25) is 9.69 Å². The van der Waals surface area contributed by atoms with Crippen LogP contribution in [0.5, 0.6) is 5.75 Å². The van der Waals surface area contributed by atoms with E-state index in [2.05, 4.69) is 10.6 Å². The van der Waals surface area contributed by atoms with Crippen molar-refractivity contribution in [3.8, 4) is 5.75 Å². The van der Waals surface area contributed by atoms with Crippen LogP contribution in [0.15, 0.2) is 29.5 Å². The Hall–Kier alpha value is -3.11. The number of rotatable bonds is 9. The lowest BCUT2D eigenvalue weighted by Gasteiger charge is -2.32. The second-order valence-electron chi connectivity index (χ2n) is 7.80. The fourth-order valence-electron chi connectivity index (χ4n) is 4.31. The largest absolute Gasteiger partial charge is 0.496 e. The van der Waals surface area contributed by atoms with E-state index in [1.54, 1.807) is 33.3 Å². The average molecular weight is 462 g/mol. The first-order valence-electron chi connectivity index (χ1n) is 10.9. The van der Waals surface area contributed by atoms with Crippen LogP contribution >= 0.6 is 0 Å². The summed E-state index contributed by atoms with van der Waals surface area (Å²) in [5.74, 6) is -0.231. The average Bonchev–Trinajstić information content (AvgIpc) is 3.26. The number of nitrogens with zero attached hydrogens (tertiary/aromatic N) is 1. The molecule has 33 heavy (non-hydrogen) atoms. The zero-order valence-electron chi connectivity index (χ0n) is 19.4. The molecule has 2 amide bonds. The molecule has 2 aliphatic heterocycles. The summed E-state index contributed by atoms with van der Waals surface area (Å²) >= 11 is 0. The Morgan fingerprint density at radius 3 is 2.67 bits per heavy atom. The Balaban J connectivity index is 2.03. The van der Waals surface area contributed by atoms with Gasteiger partial charge in [0.1, 0.15) is 11.8 Å². The molecule has 1 fully saturated rings. The van der Waals surface area contributed by atoms with Gasteiger partial charge < -0.3 is 29.6 Å². The summed E-state index contributed by atoms with van der Waals surface area (Å²) in [4.78, 5) is 39.8. The van der Waals surface area contributed by atoms with Crippen molar-refractivity contribution >= 4 is 18.0 Å². The molecule has 1 saturated heterocycles. The third-order valence-corrected chi connectivity index (χ3v) is 5.78. The number of urea groups is 1. The van der Waals surface area contributed by atoms with Crippen LogP contribution in [-0.2, 0) is 30.4 Å². The van der Waals surface area contributed by atoms with Crippen molar-refractivity contribution in [3.05, 3.63) is 40.6 Å². The lowest BCUT2D eigenvalue weighted by atomic mass is 9.93. The monoisotopic (exact) mass is 461 g/mol. The van der Waals surface area contributed by atoms with Crippen LogP contribution in [0.2, 0.25) is 0 Å². The van der Waals surface area contributed by atoms with Crippen molar-refractivity contribution in [1.29, 1.82) is 0 Å². The first kappa shape index (κ1) is 24.5. The predicted molar refractivity (Wildman–Crippen MR) is 118 cm³/mol. The first-order chi connectivity index (χ1) is 15.9. The molecule has 10 nitrogen and oxygen atoms in total. The number of methoxy groups -OCH3 is 3. The summed E-state index contributed by atoms with van der Waals surface area (Å²) in [6.07, 6.45) is 1.47. The summed E-state index contributed by atoms with van der Waals surface area (Å²) < 4.78 is 20.9. The minimum atomic E-state index is -0.742. The van der Waals surface area contributed by atoms with Crippen molar-refractivity contribution < 1.29 is 33.3 Å². The number of nitrogens with one attached hydrogen (secondary N) is 2. The van der Waals surface area contributed by atoms with Gasteiger partial charge >= 0.3 is 18.0 Å². The molecule has 0 aliphatic carbocycles. The maximum absolute atomic E-state index is 13.0. The third kappa shape index (κ3) is 5.45.